The monoisotopic (exact) mass is 352 g/mol. The number of aliphatic hydroxyl groups is 1. The predicted octanol–water partition coefficient (Wildman–Crippen LogP) is 2.24. The fraction of sp³-hybridized carbons (Fsp3) is 0.684. The molecule has 25 heavy (non-hydrogen) atoms. The molecule has 4 atom stereocenters. The SMILES string of the molecule is CC1(C)O[C@@H]([C@@H]2OC(C)(C)O[C@@H]2COCc2ccccc2)[C@@H](CO)O1. The second-order valence-electron chi connectivity index (χ2n) is 7.46. The van der Waals surface area contributed by atoms with Crippen molar-refractivity contribution in [3.63, 3.8) is 0 Å². The van der Waals surface area contributed by atoms with Crippen molar-refractivity contribution in [1.29, 1.82) is 0 Å². The summed E-state index contributed by atoms with van der Waals surface area (Å²) in [5.41, 5.74) is 1.10. The van der Waals surface area contributed by atoms with Gasteiger partial charge >= 0.3 is 0 Å². The first-order chi connectivity index (χ1) is 11.8. The number of rotatable bonds is 6. The molecule has 0 amide bonds. The molecular formula is C19H28O6. The van der Waals surface area contributed by atoms with E-state index in [1.165, 1.54) is 0 Å². The molecule has 1 aromatic rings. The molecule has 0 bridgehead atoms. The third-order valence-corrected chi connectivity index (χ3v) is 4.34. The van der Waals surface area contributed by atoms with Crippen LogP contribution in [0.1, 0.15) is 33.3 Å². The quantitative estimate of drug-likeness (QED) is 0.847. The molecule has 6 heteroatoms. The highest BCUT2D eigenvalue weighted by Crippen LogP contribution is 2.38. The summed E-state index contributed by atoms with van der Waals surface area (Å²) >= 11 is 0. The molecule has 2 aliphatic heterocycles. The van der Waals surface area contributed by atoms with Crippen LogP contribution in [0.4, 0.5) is 0 Å². The minimum absolute atomic E-state index is 0.133. The highest BCUT2D eigenvalue weighted by atomic mass is 16.8. The van der Waals surface area contributed by atoms with Crippen LogP contribution in [-0.2, 0) is 30.3 Å². The van der Waals surface area contributed by atoms with Crippen LogP contribution in [0.2, 0.25) is 0 Å². The van der Waals surface area contributed by atoms with Crippen LogP contribution in [0.15, 0.2) is 30.3 Å². The molecule has 0 unspecified atom stereocenters. The second kappa shape index (κ2) is 7.31. The molecule has 6 nitrogen and oxygen atoms in total. The summed E-state index contributed by atoms with van der Waals surface area (Å²) in [6.07, 6.45) is -1.53. The average molecular weight is 352 g/mol. The lowest BCUT2D eigenvalue weighted by molar-refractivity contribution is -0.175. The van der Waals surface area contributed by atoms with Gasteiger partial charge in [-0.05, 0) is 33.3 Å². The predicted molar refractivity (Wildman–Crippen MR) is 90.8 cm³/mol. The van der Waals surface area contributed by atoms with E-state index < -0.39 is 23.8 Å². The van der Waals surface area contributed by atoms with Crippen molar-refractivity contribution in [3.05, 3.63) is 35.9 Å². The number of hydrogen-bond acceptors (Lipinski definition) is 6. The zero-order valence-corrected chi connectivity index (χ0v) is 15.3. The van der Waals surface area contributed by atoms with Crippen LogP contribution in [0.25, 0.3) is 0 Å². The summed E-state index contributed by atoms with van der Waals surface area (Å²) in [5.74, 6) is -1.49. The van der Waals surface area contributed by atoms with Crippen molar-refractivity contribution in [2.75, 3.05) is 13.2 Å². The zero-order valence-electron chi connectivity index (χ0n) is 15.3. The molecular weight excluding hydrogens is 324 g/mol. The molecule has 0 saturated carbocycles. The summed E-state index contributed by atoms with van der Waals surface area (Å²) in [6, 6.07) is 9.98. The fourth-order valence-corrected chi connectivity index (χ4v) is 3.42. The standard InChI is InChI=1S/C19H28O6/c1-18(2)22-14(10-20)16(24-18)17-15(23-19(3,4)25-17)12-21-11-13-8-6-5-7-9-13/h5-9,14-17,20H,10-12H2,1-4H3/t14-,15-,16-,17-/m1/s1. The van der Waals surface area contributed by atoms with Crippen molar-refractivity contribution in [2.24, 2.45) is 0 Å². The topological polar surface area (TPSA) is 66.4 Å². The smallest absolute Gasteiger partial charge is 0.164 e. The normalized spacial score (nSPS) is 33.6. The molecule has 0 radical (unpaired) electrons. The van der Waals surface area contributed by atoms with E-state index in [0.29, 0.717) is 13.2 Å². The van der Waals surface area contributed by atoms with E-state index in [0.717, 1.165) is 5.56 Å². The fourth-order valence-electron chi connectivity index (χ4n) is 3.42. The lowest BCUT2D eigenvalue weighted by Gasteiger charge is -2.25. The van der Waals surface area contributed by atoms with E-state index in [9.17, 15) is 5.11 Å². The molecule has 1 N–H and O–H groups in total. The van der Waals surface area contributed by atoms with Crippen molar-refractivity contribution in [2.45, 2.75) is 70.3 Å². The molecule has 2 fully saturated rings. The molecule has 1 aromatic carbocycles. The minimum atomic E-state index is -0.760. The van der Waals surface area contributed by atoms with Gasteiger partial charge in [-0.2, -0.15) is 0 Å². The first kappa shape index (κ1) is 18.8. The Labute approximate surface area is 149 Å². The van der Waals surface area contributed by atoms with Gasteiger partial charge in [0.1, 0.15) is 24.4 Å². The van der Waals surface area contributed by atoms with Gasteiger partial charge < -0.3 is 28.8 Å². The van der Waals surface area contributed by atoms with Crippen molar-refractivity contribution in [1.82, 2.24) is 0 Å². The average Bonchev–Trinajstić information content (AvgIpc) is 3.03. The molecule has 0 aliphatic carbocycles. The maximum Gasteiger partial charge on any atom is 0.164 e. The van der Waals surface area contributed by atoms with Gasteiger partial charge in [0.05, 0.1) is 19.8 Å². The number of benzene rings is 1. The third kappa shape index (κ3) is 4.58. The van der Waals surface area contributed by atoms with E-state index in [1.54, 1.807) is 0 Å². The number of ether oxygens (including phenoxy) is 5. The third-order valence-electron chi connectivity index (χ3n) is 4.34. The van der Waals surface area contributed by atoms with E-state index in [1.807, 2.05) is 58.0 Å². The van der Waals surface area contributed by atoms with Gasteiger partial charge in [-0.3, -0.25) is 0 Å². The minimum Gasteiger partial charge on any atom is -0.394 e. The summed E-state index contributed by atoms with van der Waals surface area (Å²) in [4.78, 5) is 0. The van der Waals surface area contributed by atoms with Gasteiger partial charge in [0, 0.05) is 0 Å². The van der Waals surface area contributed by atoms with Gasteiger partial charge in [-0.25, -0.2) is 0 Å². The highest BCUT2D eigenvalue weighted by Gasteiger charge is 2.53. The molecule has 2 aliphatic rings. The van der Waals surface area contributed by atoms with Gasteiger partial charge in [-0.15, -0.1) is 0 Å². The Morgan fingerprint density at radius 1 is 0.880 bits per heavy atom. The Balaban J connectivity index is 1.64. The van der Waals surface area contributed by atoms with E-state index >= 15 is 0 Å². The first-order valence-corrected chi connectivity index (χ1v) is 8.73. The van der Waals surface area contributed by atoms with Crippen LogP contribution in [-0.4, -0.2) is 54.3 Å². The summed E-state index contributed by atoms with van der Waals surface area (Å²) in [7, 11) is 0. The Morgan fingerprint density at radius 3 is 2.04 bits per heavy atom. The van der Waals surface area contributed by atoms with Crippen LogP contribution < -0.4 is 0 Å². The van der Waals surface area contributed by atoms with Gasteiger partial charge in [-0.1, -0.05) is 30.3 Å². The highest BCUT2D eigenvalue weighted by molar-refractivity contribution is 5.13. The van der Waals surface area contributed by atoms with Crippen LogP contribution >= 0.6 is 0 Å². The lowest BCUT2D eigenvalue weighted by atomic mass is 10.0. The van der Waals surface area contributed by atoms with Crippen LogP contribution in [0, 0.1) is 0 Å². The Morgan fingerprint density at radius 2 is 1.44 bits per heavy atom. The van der Waals surface area contributed by atoms with Crippen molar-refractivity contribution in [3.8, 4) is 0 Å². The van der Waals surface area contributed by atoms with Crippen molar-refractivity contribution >= 4 is 0 Å². The van der Waals surface area contributed by atoms with Crippen LogP contribution in [0.5, 0.6) is 0 Å². The van der Waals surface area contributed by atoms with Crippen molar-refractivity contribution < 1.29 is 28.8 Å². The maximum absolute atomic E-state index is 9.64. The lowest BCUT2D eigenvalue weighted by Crippen LogP contribution is -2.44. The Hall–Kier alpha value is -1.02. The summed E-state index contributed by atoms with van der Waals surface area (Å²) in [6.45, 7) is 8.14. The van der Waals surface area contributed by atoms with Gasteiger partial charge in [0.15, 0.2) is 11.6 Å². The number of aliphatic hydroxyl groups excluding tert-OH is 1. The molecule has 0 spiro atoms. The first-order valence-electron chi connectivity index (χ1n) is 8.73. The molecule has 2 heterocycles. The summed E-state index contributed by atoms with van der Waals surface area (Å²) < 4.78 is 29.7. The Bertz CT molecular complexity index is 558. The Kier molecular flexibility index (Phi) is 5.48. The number of hydrogen-bond donors (Lipinski definition) is 1. The van der Waals surface area contributed by atoms with Gasteiger partial charge in [0.25, 0.3) is 0 Å². The molecule has 0 aromatic heterocycles. The van der Waals surface area contributed by atoms with Gasteiger partial charge in [0.2, 0.25) is 0 Å². The maximum atomic E-state index is 9.64. The molecule has 140 valence electrons. The van der Waals surface area contributed by atoms with Crippen LogP contribution in [0.3, 0.4) is 0 Å². The zero-order chi connectivity index (χ0) is 18.1. The largest absolute Gasteiger partial charge is 0.394 e. The summed E-state index contributed by atoms with van der Waals surface area (Å²) in [5, 5.41) is 9.64. The van der Waals surface area contributed by atoms with E-state index in [-0.39, 0.29) is 18.8 Å². The van der Waals surface area contributed by atoms with E-state index in [4.69, 9.17) is 23.7 Å². The second-order valence-corrected chi connectivity index (χ2v) is 7.46. The van der Waals surface area contributed by atoms with E-state index in [2.05, 4.69) is 0 Å². The molecule has 2 saturated heterocycles. The molecule has 3 rings (SSSR count).